The molecule has 0 aromatic heterocycles. The van der Waals surface area contributed by atoms with Gasteiger partial charge in [0.1, 0.15) is 21.9 Å². The molecule has 2 rings (SSSR count). The molecule has 1 amide bonds. The monoisotopic (exact) mass is 381 g/mol. The van der Waals surface area contributed by atoms with Crippen molar-refractivity contribution in [1.82, 2.24) is 4.90 Å². The fourth-order valence-electron chi connectivity index (χ4n) is 2.51. The highest BCUT2D eigenvalue weighted by atomic mass is 32.2. The van der Waals surface area contributed by atoms with Crippen LogP contribution in [0.1, 0.15) is 19.4 Å². The minimum Gasteiger partial charge on any atom is -0.497 e. The van der Waals surface area contributed by atoms with Crippen LogP contribution in [0.5, 0.6) is 11.5 Å². The summed E-state index contributed by atoms with van der Waals surface area (Å²) in [6.45, 7) is 3.48. The highest BCUT2D eigenvalue weighted by molar-refractivity contribution is 8.26. The first kappa shape index (κ1) is 19.3. The van der Waals surface area contributed by atoms with Gasteiger partial charge in [0.25, 0.3) is 5.91 Å². The van der Waals surface area contributed by atoms with Crippen LogP contribution >= 0.6 is 24.0 Å². The van der Waals surface area contributed by atoms with Crippen LogP contribution in [0, 0.1) is 5.92 Å². The van der Waals surface area contributed by atoms with Crippen LogP contribution in [-0.2, 0) is 9.59 Å². The molecule has 134 valence electrons. The normalized spacial score (nSPS) is 17.3. The number of ether oxygens (including phenoxy) is 2. The van der Waals surface area contributed by atoms with Crippen LogP contribution in [-0.4, -0.2) is 46.5 Å². The molecule has 0 bridgehead atoms. The van der Waals surface area contributed by atoms with E-state index in [0.29, 0.717) is 22.0 Å². The Morgan fingerprint density at radius 2 is 2.00 bits per heavy atom. The van der Waals surface area contributed by atoms with E-state index in [4.69, 9.17) is 21.7 Å². The molecule has 1 fully saturated rings. The van der Waals surface area contributed by atoms with Crippen LogP contribution in [0.15, 0.2) is 23.1 Å². The number of carboxylic acids is 1. The zero-order valence-corrected chi connectivity index (χ0v) is 15.9. The van der Waals surface area contributed by atoms with E-state index < -0.39 is 17.9 Å². The van der Waals surface area contributed by atoms with Gasteiger partial charge in [-0.3, -0.25) is 9.69 Å². The Morgan fingerprint density at radius 1 is 1.32 bits per heavy atom. The lowest BCUT2D eigenvalue weighted by Gasteiger charge is -2.26. The average molecular weight is 381 g/mol. The van der Waals surface area contributed by atoms with Gasteiger partial charge >= 0.3 is 5.97 Å². The summed E-state index contributed by atoms with van der Waals surface area (Å²) in [5.41, 5.74) is 0.652. The first-order chi connectivity index (χ1) is 11.8. The van der Waals surface area contributed by atoms with Crippen LogP contribution in [0.3, 0.4) is 0 Å². The quantitative estimate of drug-likeness (QED) is 0.599. The standard InChI is InChI=1S/C17H19NO5S2/c1-9(2)14(16(20)21)18-15(19)13(25-17(18)24)8-10-7-11(22-3)5-6-12(10)23-4/h5-9,14H,1-4H3,(H,20,21)/b13-8+/t14-/m0/s1. The molecule has 1 aliphatic rings. The molecule has 8 heteroatoms. The van der Waals surface area contributed by atoms with Crippen molar-refractivity contribution >= 4 is 46.3 Å². The van der Waals surface area contributed by atoms with Crippen molar-refractivity contribution in [3.8, 4) is 11.5 Å². The Kier molecular flexibility index (Phi) is 6.07. The Hall–Kier alpha value is -2.06. The number of carbonyl (C=O) groups excluding carboxylic acids is 1. The highest BCUT2D eigenvalue weighted by Crippen LogP contribution is 2.37. The van der Waals surface area contributed by atoms with Crippen molar-refractivity contribution in [1.29, 1.82) is 0 Å². The Labute approximate surface area is 155 Å². The van der Waals surface area contributed by atoms with Gasteiger partial charge in [0, 0.05) is 5.56 Å². The molecule has 1 aromatic carbocycles. The predicted octanol–water partition coefficient (Wildman–Crippen LogP) is 3.01. The maximum Gasteiger partial charge on any atom is 0.327 e. The van der Waals surface area contributed by atoms with Crippen LogP contribution in [0.4, 0.5) is 0 Å². The lowest BCUT2D eigenvalue weighted by Crippen LogP contribution is -2.47. The van der Waals surface area contributed by atoms with Crippen molar-refractivity contribution in [3.05, 3.63) is 28.7 Å². The van der Waals surface area contributed by atoms with Gasteiger partial charge in [-0.05, 0) is 30.2 Å². The van der Waals surface area contributed by atoms with Crippen molar-refractivity contribution in [2.75, 3.05) is 14.2 Å². The fourth-order valence-corrected chi connectivity index (χ4v) is 3.83. The molecule has 1 aliphatic heterocycles. The van der Waals surface area contributed by atoms with E-state index >= 15 is 0 Å². The van der Waals surface area contributed by atoms with Crippen molar-refractivity contribution < 1.29 is 24.2 Å². The lowest BCUT2D eigenvalue weighted by atomic mass is 10.0. The van der Waals surface area contributed by atoms with E-state index in [1.165, 1.54) is 12.0 Å². The number of amides is 1. The summed E-state index contributed by atoms with van der Waals surface area (Å²) in [6.07, 6.45) is 1.64. The van der Waals surface area contributed by atoms with Gasteiger partial charge in [-0.2, -0.15) is 0 Å². The number of nitrogens with zero attached hydrogens (tertiary/aromatic N) is 1. The molecule has 25 heavy (non-hydrogen) atoms. The molecule has 0 aliphatic carbocycles. The molecule has 0 spiro atoms. The summed E-state index contributed by atoms with van der Waals surface area (Å²) >= 11 is 6.33. The summed E-state index contributed by atoms with van der Waals surface area (Å²) in [4.78, 5) is 25.8. The topological polar surface area (TPSA) is 76.1 Å². The number of benzene rings is 1. The maximum absolute atomic E-state index is 12.7. The number of carboxylic acid groups (broad SMARTS) is 1. The van der Waals surface area contributed by atoms with Gasteiger partial charge in [0.2, 0.25) is 0 Å². The number of carbonyl (C=O) groups is 2. The lowest BCUT2D eigenvalue weighted by molar-refractivity contribution is -0.146. The summed E-state index contributed by atoms with van der Waals surface area (Å²) in [7, 11) is 3.08. The molecule has 0 saturated carbocycles. The predicted molar refractivity (Wildman–Crippen MR) is 101 cm³/mol. The van der Waals surface area contributed by atoms with Crippen molar-refractivity contribution in [3.63, 3.8) is 0 Å². The van der Waals surface area contributed by atoms with E-state index in [0.717, 1.165) is 11.8 Å². The third kappa shape index (κ3) is 3.96. The average Bonchev–Trinajstić information content (AvgIpc) is 2.82. The third-order valence-electron chi connectivity index (χ3n) is 3.71. The molecule has 6 nitrogen and oxygen atoms in total. The number of thioether (sulfide) groups is 1. The molecule has 1 aromatic rings. The number of aliphatic carboxylic acids is 1. The Balaban J connectivity index is 2.42. The number of rotatable bonds is 6. The maximum atomic E-state index is 12.7. The van der Waals surface area contributed by atoms with Crippen LogP contribution in [0.2, 0.25) is 0 Å². The summed E-state index contributed by atoms with van der Waals surface area (Å²) in [5, 5.41) is 9.45. The first-order valence-electron chi connectivity index (χ1n) is 7.52. The molecule has 1 heterocycles. The number of hydrogen-bond donors (Lipinski definition) is 1. The van der Waals surface area contributed by atoms with Crippen molar-refractivity contribution in [2.45, 2.75) is 19.9 Å². The van der Waals surface area contributed by atoms with E-state index in [1.54, 1.807) is 45.2 Å². The smallest absolute Gasteiger partial charge is 0.327 e. The van der Waals surface area contributed by atoms with Crippen LogP contribution in [0.25, 0.3) is 6.08 Å². The molecule has 0 unspecified atom stereocenters. The summed E-state index contributed by atoms with van der Waals surface area (Å²) in [5.74, 6) is -0.573. The fraction of sp³-hybridized carbons (Fsp3) is 0.353. The van der Waals surface area contributed by atoms with Gasteiger partial charge < -0.3 is 14.6 Å². The van der Waals surface area contributed by atoms with Gasteiger partial charge in [-0.1, -0.05) is 37.8 Å². The first-order valence-corrected chi connectivity index (χ1v) is 8.74. The van der Waals surface area contributed by atoms with E-state index in [2.05, 4.69) is 0 Å². The van der Waals surface area contributed by atoms with E-state index in [-0.39, 0.29) is 10.2 Å². The number of hydrogen-bond acceptors (Lipinski definition) is 6. The second-order valence-corrected chi connectivity index (χ2v) is 7.36. The van der Waals surface area contributed by atoms with Gasteiger partial charge in [0.05, 0.1) is 19.1 Å². The third-order valence-corrected chi connectivity index (χ3v) is 5.04. The number of methoxy groups -OCH3 is 2. The Bertz CT molecular complexity index is 745. The number of thiocarbonyl (C=S) groups is 1. The minimum atomic E-state index is -1.08. The minimum absolute atomic E-state index is 0.235. The van der Waals surface area contributed by atoms with E-state index in [1.807, 2.05) is 0 Å². The second kappa shape index (κ2) is 7.88. The molecule has 1 saturated heterocycles. The van der Waals surface area contributed by atoms with Crippen molar-refractivity contribution in [2.24, 2.45) is 5.92 Å². The molecule has 1 atom stereocenters. The second-order valence-electron chi connectivity index (χ2n) is 5.69. The summed E-state index contributed by atoms with van der Waals surface area (Å²) < 4.78 is 10.7. The zero-order valence-electron chi connectivity index (χ0n) is 14.3. The molecular formula is C17H19NO5S2. The van der Waals surface area contributed by atoms with Crippen LogP contribution < -0.4 is 9.47 Å². The molecular weight excluding hydrogens is 362 g/mol. The highest BCUT2D eigenvalue weighted by Gasteiger charge is 2.41. The van der Waals surface area contributed by atoms with E-state index in [9.17, 15) is 14.7 Å². The van der Waals surface area contributed by atoms with Gasteiger partial charge in [-0.25, -0.2) is 4.79 Å². The summed E-state index contributed by atoms with van der Waals surface area (Å²) in [6, 6.07) is 4.23. The molecule has 1 N–H and O–H groups in total. The zero-order chi connectivity index (χ0) is 18.7. The SMILES string of the molecule is COc1ccc(OC)c(/C=C2/SC(=S)N([C@H](C(=O)O)C(C)C)C2=O)c1. The largest absolute Gasteiger partial charge is 0.497 e. The Morgan fingerprint density at radius 3 is 2.52 bits per heavy atom. The van der Waals surface area contributed by atoms with Gasteiger partial charge in [-0.15, -0.1) is 0 Å². The molecule has 0 radical (unpaired) electrons. The van der Waals surface area contributed by atoms with Gasteiger partial charge in [0.15, 0.2) is 0 Å².